The van der Waals surface area contributed by atoms with Crippen molar-refractivity contribution >= 4 is 45.1 Å². The van der Waals surface area contributed by atoms with Gasteiger partial charge in [0.05, 0.1) is 10.0 Å². The maximum atomic E-state index is 10.9. The maximum Gasteiger partial charge on any atom is 0.335 e. The van der Waals surface area contributed by atoms with Gasteiger partial charge in [-0.25, -0.2) is 9.78 Å². The first-order valence-corrected chi connectivity index (χ1v) is 6.54. The van der Waals surface area contributed by atoms with Gasteiger partial charge in [0.1, 0.15) is 10.9 Å². The molecule has 1 aromatic heterocycles. The second-order valence-electron chi connectivity index (χ2n) is 3.50. The maximum absolute atomic E-state index is 10.9. The summed E-state index contributed by atoms with van der Waals surface area (Å²) >= 11 is 14.8. The van der Waals surface area contributed by atoms with Gasteiger partial charge in [0.2, 0.25) is 5.88 Å². The van der Waals surface area contributed by atoms with E-state index in [2.05, 4.69) is 20.9 Å². The van der Waals surface area contributed by atoms with E-state index in [0.29, 0.717) is 15.2 Å². The van der Waals surface area contributed by atoms with Gasteiger partial charge in [0.25, 0.3) is 0 Å². The molecule has 0 unspecified atom stereocenters. The van der Waals surface area contributed by atoms with Gasteiger partial charge in [0, 0.05) is 11.1 Å². The van der Waals surface area contributed by atoms with E-state index >= 15 is 0 Å². The van der Waals surface area contributed by atoms with Gasteiger partial charge in [-0.3, -0.25) is 0 Å². The van der Waals surface area contributed by atoms with Crippen molar-refractivity contribution in [2.24, 2.45) is 0 Å². The zero-order valence-electron chi connectivity index (χ0n) is 9.23. The number of benzene rings is 1. The fourth-order valence-corrected chi connectivity index (χ4v) is 2.28. The number of ether oxygens (including phenoxy) is 1. The Morgan fingerprint density at radius 1 is 1.26 bits per heavy atom. The highest BCUT2D eigenvalue weighted by Gasteiger charge is 2.10. The summed E-state index contributed by atoms with van der Waals surface area (Å²) < 4.78 is 6.10. The first-order chi connectivity index (χ1) is 8.95. The molecular weight excluding hydrogens is 357 g/mol. The fourth-order valence-electron chi connectivity index (χ4n) is 1.32. The van der Waals surface area contributed by atoms with Crippen LogP contribution in [0.2, 0.25) is 10.2 Å². The van der Waals surface area contributed by atoms with E-state index in [1.165, 1.54) is 12.1 Å². The molecule has 0 aliphatic rings. The molecule has 98 valence electrons. The van der Waals surface area contributed by atoms with E-state index in [0.717, 1.165) is 0 Å². The van der Waals surface area contributed by atoms with E-state index in [-0.39, 0.29) is 16.6 Å². The molecule has 1 aromatic carbocycles. The Labute approximate surface area is 127 Å². The van der Waals surface area contributed by atoms with Crippen molar-refractivity contribution in [3.63, 3.8) is 0 Å². The summed E-state index contributed by atoms with van der Waals surface area (Å²) in [7, 11) is 0. The number of carboxylic acids is 1. The number of aromatic carboxylic acids is 1. The van der Waals surface area contributed by atoms with Crippen LogP contribution in [-0.4, -0.2) is 16.1 Å². The lowest BCUT2D eigenvalue weighted by Gasteiger charge is -2.08. The van der Waals surface area contributed by atoms with Crippen molar-refractivity contribution in [3.8, 4) is 11.6 Å². The molecule has 0 saturated carbocycles. The van der Waals surface area contributed by atoms with Crippen LogP contribution in [0.4, 0.5) is 0 Å². The zero-order valence-corrected chi connectivity index (χ0v) is 12.3. The van der Waals surface area contributed by atoms with Gasteiger partial charge in [-0.05, 0) is 40.2 Å². The standard InChI is InChI=1S/C12H6BrCl2NO3/c13-8-5-7(14)1-2-9(8)19-11-4-6(12(17)18)3-10(15)16-11/h1-5H,(H,17,18). The second-order valence-corrected chi connectivity index (χ2v) is 5.18. The molecule has 0 amide bonds. The lowest BCUT2D eigenvalue weighted by atomic mass is 10.3. The molecule has 0 aliphatic carbocycles. The van der Waals surface area contributed by atoms with Gasteiger partial charge in [-0.2, -0.15) is 0 Å². The summed E-state index contributed by atoms with van der Waals surface area (Å²) in [6.07, 6.45) is 0. The Bertz CT molecular complexity index is 649. The van der Waals surface area contributed by atoms with E-state index < -0.39 is 5.97 Å². The number of hydrogen-bond donors (Lipinski definition) is 1. The summed E-state index contributed by atoms with van der Waals surface area (Å²) in [5.41, 5.74) is 0.0000796. The predicted molar refractivity (Wildman–Crippen MR) is 75.4 cm³/mol. The Morgan fingerprint density at radius 2 is 2.00 bits per heavy atom. The van der Waals surface area contributed by atoms with Crippen LogP contribution in [0, 0.1) is 0 Å². The number of nitrogens with zero attached hydrogens (tertiary/aromatic N) is 1. The molecule has 19 heavy (non-hydrogen) atoms. The molecule has 1 N–H and O–H groups in total. The average Bonchev–Trinajstić information content (AvgIpc) is 2.32. The Kier molecular flexibility index (Phi) is 4.29. The van der Waals surface area contributed by atoms with Crippen LogP contribution >= 0.6 is 39.1 Å². The molecule has 1 heterocycles. The minimum Gasteiger partial charge on any atom is -0.478 e. The Hall–Kier alpha value is -1.30. The minimum absolute atomic E-state index is 0.0000796. The van der Waals surface area contributed by atoms with Crippen molar-refractivity contribution in [2.45, 2.75) is 0 Å². The highest BCUT2D eigenvalue weighted by atomic mass is 79.9. The fraction of sp³-hybridized carbons (Fsp3) is 0. The number of aromatic nitrogens is 1. The van der Waals surface area contributed by atoms with Gasteiger partial charge in [-0.15, -0.1) is 0 Å². The van der Waals surface area contributed by atoms with Crippen LogP contribution in [0.5, 0.6) is 11.6 Å². The summed E-state index contributed by atoms with van der Waals surface area (Å²) in [6, 6.07) is 7.46. The van der Waals surface area contributed by atoms with E-state index in [4.69, 9.17) is 33.0 Å². The number of hydrogen-bond acceptors (Lipinski definition) is 3. The van der Waals surface area contributed by atoms with Crippen LogP contribution in [0.1, 0.15) is 10.4 Å². The highest BCUT2D eigenvalue weighted by molar-refractivity contribution is 9.10. The number of halogens is 3. The molecule has 7 heteroatoms. The molecule has 0 atom stereocenters. The minimum atomic E-state index is -1.11. The van der Waals surface area contributed by atoms with E-state index in [9.17, 15) is 4.79 Å². The average molecular weight is 363 g/mol. The number of pyridine rings is 1. The normalized spacial score (nSPS) is 10.3. The molecule has 0 spiro atoms. The molecule has 2 aromatic rings. The highest BCUT2D eigenvalue weighted by Crippen LogP contribution is 2.31. The Balaban J connectivity index is 2.35. The first kappa shape index (κ1) is 14.1. The van der Waals surface area contributed by atoms with Gasteiger partial charge < -0.3 is 9.84 Å². The largest absolute Gasteiger partial charge is 0.478 e. The third-order valence-corrected chi connectivity index (χ3v) is 3.17. The van der Waals surface area contributed by atoms with Gasteiger partial charge >= 0.3 is 5.97 Å². The van der Waals surface area contributed by atoms with Crippen molar-refractivity contribution in [2.75, 3.05) is 0 Å². The SMILES string of the molecule is O=C(O)c1cc(Cl)nc(Oc2ccc(Cl)cc2Br)c1. The topological polar surface area (TPSA) is 59.4 Å². The van der Waals surface area contributed by atoms with Crippen molar-refractivity contribution in [1.82, 2.24) is 4.98 Å². The van der Waals surface area contributed by atoms with Crippen LogP contribution in [0.25, 0.3) is 0 Å². The molecule has 0 fully saturated rings. The smallest absolute Gasteiger partial charge is 0.335 e. The quantitative estimate of drug-likeness (QED) is 0.808. The van der Waals surface area contributed by atoms with Crippen LogP contribution in [0.3, 0.4) is 0 Å². The molecule has 4 nitrogen and oxygen atoms in total. The molecule has 0 radical (unpaired) electrons. The number of rotatable bonds is 3. The molecular formula is C12H6BrCl2NO3. The lowest BCUT2D eigenvalue weighted by molar-refractivity contribution is 0.0696. The molecule has 2 rings (SSSR count). The van der Waals surface area contributed by atoms with Crippen molar-refractivity contribution < 1.29 is 14.6 Å². The molecule has 0 saturated heterocycles. The van der Waals surface area contributed by atoms with Crippen molar-refractivity contribution in [3.05, 3.63) is 50.5 Å². The zero-order chi connectivity index (χ0) is 14.0. The third kappa shape index (κ3) is 3.59. The monoisotopic (exact) mass is 361 g/mol. The summed E-state index contributed by atoms with van der Waals surface area (Å²) in [5.74, 6) is -0.562. The summed E-state index contributed by atoms with van der Waals surface area (Å²) in [5, 5.41) is 9.51. The third-order valence-electron chi connectivity index (χ3n) is 2.13. The number of carbonyl (C=O) groups is 1. The van der Waals surface area contributed by atoms with Crippen LogP contribution in [-0.2, 0) is 0 Å². The predicted octanol–water partition coefficient (Wildman–Crippen LogP) is 4.64. The second kappa shape index (κ2) is 5.77. The number of carboxylic acid groups (broad SMARTS) is 1. The first-order valence-electron chi connectivity index (χ1n) is 4.99. The lowest BCUT2D eigenvalue weighted by Crippen LogP contribution is -1.98. The van der Waals surface area contributed by atoms with Crippen LogP contribution in [0.15, 0.2) is 34.8 Å². The molecule has 0 aliphatic heterocycles. The summed E-state index contributed by atoms with van der Waals surface area (Å²) in [4.78, 5) is 14.8. The van der Waals surface area contributed by atoms with E-state index in [1.54, 1.807) is 18.2 Å². The van der Waals surface area contributed by atoms with Gasteiger partial charge in [-0.1, -0.05) is 23.2 Å². The van der Waals surface area contributed by atoms with E-state index in [1.807, 2.05) is 0 Å². The van der Waals surface area contributed by atoms with Crippen molar-refractivity contribution in [1.29, 1.82) is 0 Å². The Morgan fingerprint density at radius 3 is 2.63 bits per heavy atom. The molecule has 0 bridgehead atoms. The van der Waals surface area contributed by atoms with Crippen LogP contribution < -0.4 is 4.74 Å². The summed E-state index contributed by atoms with van der Waals surface area (Å²) in [6.45, 7) is 0. The van der Waals surface area contributed by atoms with Gasteiger partial charge in [0.15, 0.2) is 0 Å².